The van der Waals surface area contributed by atoms with Crippen molar-refractivity contribution in [3.8, 4) is 6.07 Å². The number of carbonyl (C=O) groups excluding carboxylic acids is 2. The van der Waals surface area contributed by atoms with Crippen LogP contribution in [0, 0.1) is 25.2 Å². The van der Waals surface area contributed by atoms with Gasteiger partial charge in [-0.05, 0) is 51.8 Å². The minimum absolute atomic E-state index is 0.107. The van der Waals surface area contributed by atoms with Gasteiger partial charge in [-0.15, -0.1) is 0 Å². The fraction of sp³-hybridized carbons (Fsp3) is 0.471. The Morgan fingerprint density at radius 1 is 1.45 bits per heavy atom. The smallest absolute Gasteiger partial charge is 0.349 e. The number of ether oxygens (including phenoxy) is 1. The van der Waals surface area contributed by atoms with Crippen LogP contribution in [-0.2, 0) is 20.9 Å². The molecule has 0 amide bonds. The second-order valence-corrected chi connectivity index (χ2v) is 5.31. The Hall–Kier alpha value is -2.35. The monoisotopic (exact) mass is 302 g/mol. The lowest BCUT2D eigenvalue weighted by molar-refractivity contribution is -0.149. The molecule has 1 heterocycles. The van der Waals surface area contributed by atoms with Crippen molar-refractivity contribution in [1.29, 1.82) is 5.26 Å². The van der Waals surface area contributed by atoms with Crippen molar-refractivity contribution in [2.45, 2.75) is 53.7 Å². The zero-order valence-corrected chi connectivity index (χ0v) is 13.8. The summed E-state index contributed by atoms with van der Waals surface area (Å²) >= 11 is 0. The van der Waals surface area contributed by atoms with Crippen LogP contribution in [0.4, 0.5) is 0 Å². The van der Waals surface area contributed by atoms with Crippen molar-refractivity contribution in [2.24, 2.45) is 0 Å². The molecule has 1 aromatic rings. The van der Waals surface area contributed by atoms with E-state index in [1.807, 2.05) is 26.0 Å². The molecular weight excluding hydrogens is 280 g/mol. The summed E-state index contributed by atoms with van der Waals surface area (Å²) in [5, 5.41) is 9.17. The third kappa shape index (κ3) is 4.08. The normalized spacial score (nSPS) is 12.6. The van der Waals surface area contributed by atoms with E-state index in [9.17, 15) is 9.59 Å². The van der Waals surface area contributed by atoms with E-state index >= 15 is 0 Å². The molecule has 0 aliphatic carbocycles. The molecule has 0 aliphatic heterocycles. The molecular formula is C17H22N2O3. The summed E-state index contributed by atoms with van der Waals surface area (Å²) in [6.07, 6.45) is 1.67. The molecule has 0 spiro atoms. The number of nitriles is 1. The van der Waals surface area contributed by atoms with E-state index in [0.29, 0.717) is 0 Å². The maximum atomic E-state index is 12.0. The third-order valence-corrected chi connectivity index (χ3v) is 3.56. The first-order chi connectivity index (χ1) is 10.3. The molecule has 0 aliphatic rings. The van der Waals surface area contributed by atoms with Crippen LogP contribution in [0.5, 0.6) is 0 Å². The van der Waals surface area contributed by atoms with Crippen LogP contribution >= 0.6 is 0 Å². The molecule has 0 N–H and O–H groups in total. The summed E-state index contributed by atoms with van der Waals surface area (Å²) in [6, 6.07) is 3.78. The van der Waals surface area contributed by atoms with Gasteiger partial charge in [-0.25, -0.2) is 4.79 Å². The van der Waals surface area contributed by atoms with Crippen LogP contribution in [0.1, 0.15) is 44.1 Å². The molecule has 0 saturated heterocycles. The van der Waals surface area contributed by atoms with Crippen LogP contribution in [0.2, 0.25) is 0 Å². The predicted octanol–water partition coefficient (Wildman–Crippen LogP) is 2.94. The SMILES string of the molecule is CCCn1c(C)cc(C=C(C#N)C(=O)OC(C)C(C)=O)c1C. The van der Waals surface area contributed by atoms with Crippen molar-refractivity contribution in [3.05, 3.63) is 28.6 Å². The van der Waals surface area contributed by atoms with E-state index in [-0.39, 0.29) is 11.4 Å². The Balaban J connectivity index is 3.08. The highest BCUT2D eigenvalue weighted by Crippen LogP contribution is 2.19. The van der Waals surface area contributed by atoms with Crippen LogP contribution in [0.3, 0.4) is 0 Å². The fourth-order valence-electron chi connectivity index (χ4n) is 2.14. The second-order valence-electron chi connectivity index (χ2n) is 5.31. The molecule has 0 aromatic carbocycles. The highest BCUT2D eigenvalue weighted by Gasteiger charge is 2.18. The standard InChI is InChI=1S/C17H22N2O3/c1-6-7-19-11(2)8-15(12(19)3)9-16(10-18)17(21)22-14(5)13(4)20/h8-9,14H,6-7H2,1-5H3. The van der Waals surface area contributed by atoms with Gasteiger partial charge in [0.2, 0.25) is 0 Å². The largest absolute Gasteiger partial charge is 0.451 e. The van der Waals surface area contributed by atoms with Crippen molar-refractivity contribution < 1.29 is 14.3 Å². The molecule has 5 nitrogen and oxygen atoms in total. The van der Waals surface area contributed by atoms with Gasteiger partial charge in [-0.3, -0.25) is 4.79 Å². The van der Waals surface area contributed by atoms with Crippen LogP contribution < -0.4 is 0 Å². The molecule has 0 bridgehead atoms. The molecule has 22 heavy (non-hydrogen) atoms. The van der Waals surface area contributed by atoms with E-state index < -0.39 is 12.1 Å². The average Bonchev–Trinajstić information content (AvgIpc) is 2.72. The molecule has 0 fully saturated rings. The van der Waals surface area contributed by atoms with Gasteiger partial charge in [0.25, 0.3) is 0 Å². The Morgan fingerprint density at radius 3 is 2.59 bits per heavy atom. The van der Waals surface area contributed by atoms with Gasteiger partial charge in [0.1, 0.15) is 11.6 Å². The van der Waals surface area contributed by atoms with Crippen molar-refractivity contribution in [3.63, 3.8) is 0 Å². The molecule has 1 atom stereocenters. The molecule has 0 radical (unpaired) electrons. The number of hydrogen-bond donors (Lipinski definition) is 0. The number of Topliss-reactive ketones (excluding diaryl/α,β-unsaturated/α-hetero) is 1. The predicted molar refractivity (Wildman–Crippen MR) is 84.0 cm³/mol. The van der Waals surface area contributed by atoms with Gasteiger partial charge < -0.3 is 9.30 Å². The van der Waals surface area contributed by atoms with Crippen molar-refractivity contribution >= 4 is 17.8 Å². The highest BCUT2D eigenvalue weighted by atomic mass is 16.5. The summed E-state index contributed by atoms with van der Waals surface area (Å²) in [4.78, 5) is 23.1. The van der Waals surface area contributed by atoms with Crippen molar-refractivity contribution in [2.75, 3.05) is 0 Å². The lowest BCUT2D eigenvalue weighted by atomic mass is 10.1. The average molecular weight is 302 g/mol. The number of nitrogens with zero attached hydrogens (tertiary/aromatic N) is 2. The molecule has 1 rings (SSSR count). The highest BCUT2D eigenvalue weighted by molar-refractivity contribution is 5.99. The van der Waals surface area contributed by atoms with E-state index in [2.05, 4.69) is 11.5 Å². The third-order valence-electron chi connectivity index (χ3n) is 3.56. The lowest BCUT2D eigenvalue weighted by Gasteiger charge is -2.09. The van der Waals surface area contributed by atoms with Gasteiger partial charge in [-0.1, -0.05) is 6.92 Å². The van der Waals surface area contributed by atoms with Gasteiger partial charge in [0.15, 0.2) is 11.9 Å². The maximum Gasteiger partial charge on any atom is 0.349 e. The first-order valence-corrected chi connectivity index (χ1v) is 7.31. The molecule has 0 saturated carbocycles. The lowest BCUT2D eigenvalue weighted by Crippen LogP contribution is -2.22. The van der Waals surface area contributed by atoms with E-state index in [1.165, 1.54) is 19.9 Å². The Morgan fingerprint density at radius 2 is 2.09 bits per heavy atom. The fourth-order valence-corrected chi connectivity index (χ4v) is 2.14. The van der Waals surface area contributed by atoms with E-state index in [1.54, 1.807) is 0 Å². The summed E-state index contributed by atoms with van der Waals surface area (Å²) in [5.41, 5.74) is 2.78. The van der Waals surface area contributed by atoms with Gasteiger partial charge >= 0.3 is 5.97 Å². The van der Waals surface area contributed by atoms with Crippen molar-refractivity contribution in [1.82, 2.24) is 4.57 Å². The number of aromatic nitrogens is 1. The van der Waals surface area contributed by atoms with Crippen LogP contribution in [0.15, 0.2) is 11.6 Å². The zero-order chi connectivity index (χ0) is 16.9. The van der Waals surface area contributed by atoms with E-state index in [0.717, 1.165) is 29.9 Å². The summed E-state index contributed by atoms with van der Waals surface area (Å²) in [7, 11) is 0. The number of carbonyl (C=O) groups is 2. The molecule has 5 heteroatoms. The minimum Gasteiger partial charge on any atom is -0.451 e. The zero-order valence-electron chi connectivity index (χ0n) is 13.8. The van der Waals surface area contributed by atoms with Gasteiger partial charge in [-0.2, -0.15) is 5.26 Å². The second kappa shape index (κ2) is 7.60. The topological polar surface area (TPSA) is 72.1 Å². The Kier molecular flexibility index (Phi) is 6.11. The summed E-state index contributed by atoms with van der Waals surface area (Å²) in [5.74, 6) is -1.03. The quantitative estimate of drug-likeness (QED) is 0.460. The number of rotatable bonds is 6. The van der Waals surface area contributed by atoms with Gasteiger partial charge in [0, 0.05) is 17.9 Å². The van der Waals surface area contributed by atoms with Gasteiger partial charge in [0.05, 0.1) is 0 Å². The molecule has 1 aromatic heterocycles. The number of esters is 1. The molecule has 118 valence electrons. The molecule has 1 unspecified atom stereocenters. The Labute approximate surface area is 131 Å². The minimum atomic E-state index is -0.850. The summed E-state index contributed by atoms with van der Waals surface area (Å²) < 4.78 is 7.12. The number of hydrogen-bond acceptors (Lipinski definition) is 4. The van der Waals surface area contributed by atoms with Crippen LogP contribution in [0.25, 0.3) is 6.08 Å². The Bertz CT molecular complexity index is 648. The van der Waals surface area contributed by atoms with Crippen LogP contribution in [-0.4, -0.2) is 22.4 Å². The van der Waals surface area contributed by atoms with E-state index in [4.69, 9.17) is 10.00 Å². The number of aryl methyl sites for hydroxylation is 1. The first-order valence-electron chi connectivity index (χ1n) is 7.31. The first kappa shape index (κ1) is 17.7. The maximum absolute atomic E-state index is 12.0. The summed E-state index contributed by atoms with van der Waals surface area (Å²) in [6.45, 7) is 9.75. The number of ketones is 1.